The number of aromatic nitrogens is 2. The van der Waals surface area contributed by atoms with Gasteiger partial charge in [-0.25, -0.2) is 4.98 Å². The Kier molecular flexibility index (Phi) is 4.07. The molecule has 1 N–H and O–H groups in total. The second-order valence-corrected chi connectivity index (χ2v) is 5.20. The Labute approximate surface area is 115 Å². The summed E-state index contributed by atoms with van der Waals surface area (Å²) >= 11 is 3.47. The maximum Gasteiger partial charge on any atom is 0.137 e. The largest absolute Gasteiger partial charge is 0.309 e. The quantitative estimate of drug-likeness (QED) is 0.874. The van der Waals surface area contributed by atoms with Gasteiger partial charge in [0, 0.05) is 16.9 Å². The van der Waals surface area contributed by atoms with Crippen molar-refractivity contribution in [3.8, 4) is 0 Å². The number of piperidine rings is 1. The van der Waals surface area contributed by atoms with Gasteiger partial charge < -0.3 is 9.72 Å². The van der Waals surface area contributed by atoms with E-state index in [0.717, 1.165) is 22.4 Å². The molecule has 5 heteroatoms. The number of rotatable bonds is 1. The molecule has 0 aromatic carbocycles. The van der Waals surface area contributed by atoms with Crippen LogP contribution < -0.4 is 5.32 Å². The minimum atomic E-state index is 0. The van der Waals surface area contributed by atoms with Crippen LogP contribution in [0.1, 0.15) is 31.0 Å². The molecule has 3 heterocycles. The molecule has 0 bridgehead atoms. The zero-order valence-electron chi connectivity index (χ0n) is 9.40. The van der Waals surface area contributed by atoms with Crippen LogP contribution in [0, 0.1) is 0 Å². The number of hydrogen-bond acceptors (Lipinski definition) is 2. The van der Waals surface area contributed by atoms with Gasteiger partial charge in [-0.15, -0.1) is 12.4 Å². The number of imidazole rings is 1. The van der Waals surface area contributed by atoms with Crippen LogP contribution in [-0.2, 0) is 0 Å². The summed E-state index contributed by atoms with van der Waals surface area (Å²) in [5, 5.41) is 3.52. The molecule has 3 rings (SSSR count). The van der Waals surface area contributed by atoms with Gasteiger partial charge in [-0.3, -0.25) is 0 Å². The number of halogens is 2. The van der Waals surface area contributed by atoms with Gasteiger partial charge >= 0.3 is 0 Å². The van der Waals surface area contributed by atoms with Crippen LogP contribution in [0.2, 0.25) is 0 Å². The highest BCUT2D eigenvalue weighted by Crippen LogP contribution is 2.23. The molecule has 1 unspecified atom stereocenters. The molecule has 0 aliphatic carbocycles. The monoisotopic (exact) mass is 315 g/mol. The predicted molar refractivity (Wildman–Crippen MR) is 74.7 cm³/mol. The van der Waals surface area contributed by atoms with E-state index in [-0.39, 0.29) is 12.4 Å². The van der Waals surface area contributed by atoms with Gasteiger partial charge in [-0.05, 0) is 47.4 Å². The molecule has 0 amide bonds. The van der Waals surface area contributed by atoms with Gasteiger partial charge in [0.25, 0.3) is 0 Å². The fraction of sp³-hybridized carbons (Fsp3) is 0.417. The van der Waals surface area contributed by atoms with E-state index in [1.54, 1.807) is 0 Å². The predicted octanol–water partition coefficient (Wildman–Crippen LogP) is 3.33. The van der Waals surface area contributed by atoms with Crippen molar-refractivity contribution >= 4 is 34.0 Å². The zero-order valence-corrected chi connectivity index (χ0v) is 11.8. The van der Waals surface area contributed by atoms with Crippen LogP contribution in [0.4, 0.5) is 0 Å². The Morgan fingerprint density at radius 1 is 1.29 bits per heavy atom. The first kappa shape index (κ1) is 12.9. The molecular formula is C12H15BrClN3. The summed E-state index contributed by atoms with van der Waals surface area (Å²) in [4.78, 5) is 4.66. The summed E-state index contributed by atoms with van der Waals surface area (Å²) in [6, 6.07) is 4.50. The third-order valence-electron chi connectivity index (χ3n) is 3.10. The molecule has 2 aromatic rings. The fourth-order valence-corrected chi connectivity index (χ4v) is 2.61. The second-order valence-electron chi connectivity index (χ2n) is 4.28. The highest BCUT2D eigenvalue weighted by molar-refractivity contribution is 9.10. The van der Waals surface area contributed by atoms with E-state index in [1.165, 1.54) is 19.3 Å². The number of pyridine rings is 1. The lowest BCUT2D eigenvalue weighted by Gasteiger charge is -2.21. The minimum Gasteiger partial charge on any atom is -0.309 e. The zero-order chi connectivity index (χ0) is 11.0. The van der Waals surface area contributed by atoms with Crippen LogP contribution in [-0.4, -0.2) is 15.9 Å². The number of nitrogens with one attached hydrogen (secondary N) is 1. The molecule has 0 spiro atoms. The van der Waals surface area contributed by atoms with Crippen molar-refractivity contribution in [1.29, 1.82) is 0 Å². The summed E-state index contributed by atoms with van der Waals surface area (Å²) in [5.41, 5.74) is 2.18. The number of hydrogen-bond donors (Lipinski definition) is 1. The molecule has 3 nitrogen and oxygen atoms in total. The van der Waals surface area contributed by atoms with Gasteiger partial charge in [0.2, 0.25) is 0 Å². The Hall–Kier alpha value is -0.580. The minimum absolute atomic E-state index is 0. The van der Waals surface area contributed by atoms with Crippen molar-refractivity contribution in [1.82, 2.24) is 14.7 Å². The van der Waals surface area contributed by atoms with E-state index in [0.29, 0.717) is 6.04 Å². The van der Waals surface area contributed by atoms with Gasteiger partial charge in [0.1, 0.15) is 5.65 Å². The standard InChI is InChI=1S/C12H14BrN3.ClH/c13-9-4-5-12-15-11(8-16(12)7-9)10-3-1-2-6-14-10;/h4-5,7-8,10,14H,1-3,6H2;1H. The van der Waals surface area contributed by atoms with Gasteiger partial charge in [-0.1, -0.05) is 6.42 Å². The first-order chi connectivity index (χ1) is 7.83. The summed E-state index contributed by atoms with van der Waals surface area (Å²) in [6.07, 6.45) is 7.97. The molecular weight excluding hydrogens is 302 g/mol. The Balaban J connectivity index is 0.00000108. The highest BCUT2D eigenvalue weighted by atomic mass is 79.9. The molecule has 0 saturated carbocycles. The van der Waals surface area contributed by atoms with Crippen LogP contribution in [0.15, 0.2) is 29.0 Å². The summed E-state index contributed by atoms with van der Waals surface area (Å²) in [7, 11) is 0. The van der Waals surface area contributed by atoms with Gasteiger partial charge in [0.05, 0.1) is 11.7 Å². The van der Waals surface area contributed by atoms with E-state index in [2.05, 4.69) is 43.0 Å². The van der Waals surface area contributed by atoms with Crippen molar-refractivity contribution in [2.24, 2.45) is 0 Å². The van der Waals surface area contributed by atoms with E-state index in [9.17, 15) is 0 Å². The third-order valence-corrected chi connectivity index (χ3v) is 3.57. The van der Waals surface area contributed by atoms with Crippen LogP contribution in [0.5, 0.6) is 0 Å². The molecule has 1 aliphatic heterocycles. The van der Waals surface area contributed by atoms with Crippen molar-refractivity contribution in [3.63, 3.8) is 0 Å². The van der Waals surface area contributed by atoms with Crippen molar-refractivity contribution in [2.45, 2.75) is 25.3 Å². The van der Waals surface area contributed by atoms with Crippen molar-refractivity contribution < 1.29 is 0 Å². The van der Waals surface area contributed by atoms with E-state index >= 15 is 0 Å². The van der Waals surface area contributed by atoms with Gasteiger partial charge in [-0.2, -0.15) is 0 Å². The maximum atomic E-state index is 4.66. The third kappa shape index (κ3) is 2.64. The van der Waals surface area contributed by atoms with Crippen LogP contribution in [0.25, 0.3) is 5.65 Å². The molecule has 1 aliphatic rings. The second kappa shape index (κ2) is 5.38. The average Bonchev–Trinajstić information content (AvgIpc) is 2.73. The topological polar surface area (TPSA) is 29.3 Å². The number of fused-ring (bicyclic) bond motifs is 1. The number of nitrogens with zero attached hydrogens (tertiary/aromatic N) is 2. The summed E-state index contributed by atoms with van der Waals surface area (Å²) in [6.45, 7) is 1.11. The summed E-state index contributed by atoms with van der Waals surface area (Å²) in [5.74, 6) is 0. The molecule has 1 fully saturated rings. The first-order valence-electron chi connectivity index (χ1n) is 5.70. The van der Waals surface area contributed by atoms with E-state index in [1.807, 2.05) is 12.1 Å². The van der Waals surface area contributed by atoms with E-state index < -0.39 is 0 Å². The molecule has 92 valence electrons. The molecule has 0 radical (unpaired) electrons. The van der Waals surface area contributed by atoms with Crippen molar-refractivity contribution in [3.05, 3.63) is 34.7 Å². The smallest absolute Gasteiger partial charge is 0.137 e. The van der Waals surface area contributed by atoms with Crippen molar-refractivity contribution in [2.75, 3.05) is 6.54 Å². The lowest BCUT2D eigenvalue weighted by molar-refractivity contribution is 0.406. The average molecular weight is 317 g/mol. The first-order valence-corrected chi connectivity index (χ1v) is 6.50. The Morgan fingerprint density at radius 2 is 2.18 bits per heavy atom. The maximum absolute atomic E-state index is 4.66. The lowest BCUT2D eigenvalue weighted by Crippen LogP contribution is -2.26. The molecule has 17 heavy (non-hydrogen) atoms. The van der Waals surface area contributed by atoms with E-state index in [4.69, 9.17) is 0 Å². The molecule has 1 atom stereocenters. The Morgan fingerprint density at radius 3 is 2.94 bits per heavy atom. The Bertz CT molecular complexity index is 505. The molecule has 1 saturated heterocycles. The SMILES string of the molecule is Brc1ccc2nc(C3CCCCN3)cn2c1.Cl. The highest BCUT2D eigenvalue weighted by Gasteiger charge is 2.17. The fourth-order valence-electron chi connectivity index (χ4n) is 2.26. The van der Waals surface area contributed by atoms with Gasteiger partial charge in [0.15, 0.2) is 0 Å². The lowest BCUT2D eigenvalue weighted by atomic mass is 10.0. The molecule has 2 aromatic heterocycles. The normalized spacial score (nSPS) is 20.2. The summed E-state index contributed by atoms with van der Waals surface area (Å²) < 4.78 is 3.16. The van der Waals surface area contributed by atoms with Crippen LogP contribution >= 0.6 is 28.3 Å². The van der Waals surface area contributed by atoms with Crippen LogP contribution in [0.3, 0.4) is 0 Å².